The van der Waals surface area contributed by atoms with Gasteiger partial charge in [-0.1, -0.05) is 22.9 Å². The quantitative estimate of drug-likeness (QED) is 0.857. The van der Waals surface area contributed by atoms with E-state index < -0.39 is 0 Å². The Balaban J connectivity index is 2.04. The molecule has 2 N–H and O–H groups in total. The Labute approximate surface area is 102 Å². The maximum atomic E-state index is 5.96. The van der Waals surface area contributed by atoms with E-state index in [1.807, 2.05) is 6.92 Å². The van der Waals surface area contributed by atoms with E-state index in [4.69, 9.17) is 22.1 Å². The first kappa shape index (κ1) is 11.2. The van der Waals surface area contributed by atoms with Gasteiger partial charge in [-0.25, -0.2) is 0 Å². The Morgan fingerprint density at radius 3 is 2.88 bits per heavy atom. The normalized spacial score (nSPS) is 10.4. The molecule has 2 aromatic rings. The molecular formula is C10H10ClN3OS. The zero-order valence-electron chi connectivity index (χ0n) is 8.61. The topological polar surface area (TPSA) is 61.0 Å². The molecule has 0 amide bonds. The highest BCUT2D eigenvalue weighted by Gasteiger charge is 2.05. The van der Waals surface area contributed by atoms with Crippen molar-refractivity contribution >= 4 is 28.6 Å². The third-order valence-corrected chi connectivity index (χ3v) is 2.98. The molecule has 0 saturated carbocycles. The van der Waals surface area contributed by atoms with Crippen LogP contribution in [0.1, 0.15) is 10.0 Å². The Hall–Kier alpha value is -1.33. The lowest BCUT2D eigenvalue weighted by molar-refractivity contribution is 0.305. The lowest BCUT2D eigenvalue weighted by atomic mass is 10.3. The fourth-order valence-corrected chi connectivity index (χ4v) is 2.04. The molecule has 84 valence electrons. The van der Waals surface area contributed by atoms with Gasteiger partial charge in [0.25, 0.3) is 0 Å². The first-order chi connectivity index (χ1) is 7.65. The molecule has 6 heteroatoms. The monoisotopic (exact) mass is 255 g/mol. The fourth-order valence-electron chi connectivity index (χ4n) is 1.17. The molecule has 0 bridgehead atoms. The minimum Gasteiger partial charge on any atom is -0.485 e. The minimum absolute atomic E-state index is 0.370. The summed E-state index contributed by atoms with van der Waals surface area (Å²) in [4.78, 5) is 0. The highest BCUT2D eigenvalue weighted by molar-refractivity contribution is 7.11. The van der Waals surface area contributed by atoms with E-state index in [9.17, 15) is 0 Å². The van der Waals surface area contributed by atoms with Crippen molar-refractivity contribution in [3.63, 3.8) is 0 Å². The molecule has 0 spiro atoms. The summed E-state index contributed by atoms with van der Waals surface area (Å²) in [6.45, 7) is 2.27. The number of benzene rings is 1. The number of anilines is 1. The van der Waals surface area contributed by atoms with Crippen molar-refractivity contribution in [1.29, 1.82) is 0 Å². The second kappa shape index (κ2) is 4.67. The number of nitrogens with two attached hydrogens (primary N) is 1. The van der Waals surface area contributed by atoms with Gasteiger partial charge in [0.1, 0.15) is 17.4 Å². The van der Waals surface area contributed by atoms with Crippen LogP contribution < -0.4 is 10.5 Å². The number of halogens is 1. The van der Waals surface area contributed by atoms with Crippen LogP contribution in [-0.4, -0.2) is 10.2 Å². The van der Waals surface area contributed by atoms with Crippen LogP contribution in [0, 0.1) is 6.92 Å². The first-order valence-corrected chi connectivity index (χ1v) is 5.81. The summed E-state index contributed by atoms with van der Waals surface area (Å²) in [7, 11) is 0. The van der Waals surface area contributed by atoms with Crippen LogP contribution in [0.15, 0.2) is 18.2 Å². The van der Waals surface area contributed by atoms with Gasteiger partial charge in [-0.3, -0.25) is 0 Å². The van der Waals surface area contributed by atoms with Crippen LogP contribution >= 0.6 is 22.9 Å². The second-order valence-corrected chi connectivity index (χ2v) is 4.87. The molecule has 4 nitrogen and oxygen atoms in total. The summed E-state index contributed by atoms with van der Waals surface area (Å²) in [5.41, 5.74) is 6.19. The van der Waals surface area contributed by atoms with Gasteiger partial charge in [-0.2, -0.15) is 0 Å². The molecule has 0 unspecified atom stereocenters. The highest BCUT2D eigenvalue weighted by Crippen LogP contribution is 2.27. The molecule has 0 aliphatic carbocycles. The highest BCUT2D eigenvalue weighted by atomic mass is 35.5. The van der Waals surface area contributed by atoms with Gasteiger partial charge in [0.2, 0.25) is 0 Å². The van der Waals surface area contributed by atoms with Gasteiger partial charge < -0.3 is 10.5 Å². The van der Waals surface area contributed by atoms with Gasteiger partial charge in [0, 0.05) is 5.69 Å². The summed E-state index contributed by atoms with van der Waals surface area (Å²) in [6.07, 6.45) is 0. The number of hydrogen-bond acceptors (Lipinski definition) is 5. The third kappa shape index (κ3) is 2.62. The van der Waals surface area contributed by atoms with Crippen LogP contribution in [0.4, 0.5) is 5.69 Å². The van der Waals surface area contributed by atoms with E-state index in [2.05, 4.69) is 10.2 Å². The van der Waals surface area contributed by atoms with Crippen LogP contribution in [-0.2, 0) is 6.61 Å². The molecule has 1 heterocycles. The van der Waals surface area contributed by atoms with Crippen molar-refractivity contribution in [2.75, 3.05) is 5.73 Å². The number of aryl methyl sites for hydroxylation is 1. The maximum absolute atomic E-state index is 5.96. The summed E-state index contributed by atoms with van der Waals surface area (Å²) in [6, 6.07) is 5.14. The summed E-state index contributed by atoms with van der Waals surface area (Å²) in [5.74, 6) is 0.601. The van der Waals surface area contributed by atoms with E-state index in [-0.39, 0.29) is 0 Å². The molecule has 1 aromatic carbocycles. The predicted octanol–water partition coefficient (Wildman–Crippen LogP) is 2.66. The van der Waals surface area contributed by atoms with Gasteiger partial charge in [-0.15, -0.1) is 10.2 Å². The van der Waals surface area contributed by atoms with Crippen LogP contribution in [0.3, 0.4) is 0 Å². The largest absolute Gasteiger partial charge is 0.485 e. The zero-order valence-corrected chi connectivity index (χ0v) is 10.2. The summed E-state index contributed by atoms with van der Waals surface area (Å²) < 4.78 is 5.51. The Morgan fingerprint density at radius 2 is 2.25 bits per heavy atom. The van der Waals surface area contributed by atoms with Crippen molar-refractivity contribution < 1.29 is 4.74 Å². The Bertz CT molecular complexity index is 501. The molecule has 2 rings (SSSR count). The molecule has 0 aliphatic heterocycles. The first-order valence-electron chi connectivity index (χ1n) is 4.62. The lowest BCUT2D eigenvalue weighted by Gasteiger charge is -2.06. The SMILES string of the molecule is Cc1nnc(COc2ccc(N)cc2Cl)s1. The van der Waals surface area contributed by atoms with Gasteiger partial charge in [0.15, 0.2) is 5.01 Å². The average Bonchev–Trinajstić information content (AvgIpc) is 2.63. The molecule has 0 fully saturated rings. The number of nitrogens with zero attached hydrogens (tertiary/aromatic N) is 2. The van der Waals surface area contributed by atoms with E-state index in [1.165, 1.54) is 11.3 Å². The molecule has 1 aromatic heterocycles. The predicted molar refractivity (Wildman–Crippen MR) is 64.8 cm³/mol. The lowest BCUT2D eigenvalue weighted by Crippen LogP contribution is -1.96. The van der Waals surface area contributed by atoms with E-state index >= 15 is 0 Å². The van der Waals surface area contributed by atoms with E-state index in [1.54, 1.807) is 18.2 Å². The second-order valence-electron chi connectivity index (χ2n) is 3.19. The van der Waals surface area contributed by atoms with Crippen molar-refractivity contribution in [2.45, 2.75) is 13.5 Å². The zero-order chi connectivity index (χ0) is 11.5. The standard InChI is InChI=1S/C10H10ClN3OS/c1-6-13-14-10(16-6)5-15-9-3-2-7(12)4-8(9)11/h2-4H,5,12H2,1H3. The molecule has 0 radical (unpaired) electrons. The van der Waals surface area contributed by atoms with Crippen LogP contribution in [0.25, 0.3) is 0 Å². The van der Waals surface area contributed by atoms with Crippen LogP contribution in [0.5, 0.6) is 5.75 Å². The fraction of sp³-hybridized carbons (Fsp3) is 0.200. The van der Waals surface area contributed by atoms with Crippen LogP contribution in [0.2, 0.25) is 5.02 Å². The number of ether oxygens (including phenoxy) is 1. The van der Waals surface area contributed by atoms with Gasteiger partial charge in [-0.05, 0) is 25.1 Å². The van der Waals surface area contributed by atoms with Gasteiger partial charge in [0.05, 0.1) is 5.02 Å². The molecule has 0 atom stereocenters. The van der Waals surface area contributed by atoms with E-state index in [0.29, 0.717) is 23.1 Å². The number of aromatic nitrogens is 2. The molecule has 0 aliphatic rings. The average molecular weight is 256 g/mol. The van der Waals surface area contributed by atoms with Crippen molar-refractivity contribution in [3.05, 3.63) is 33.2 Å². The van der Waals surface area contributed by atoms with Gasteiger partial charge >= 0.3 is 0 Å². The van der Waals surface area contributed by atoms with Crippen molar-refractivity contribution in [2.24, 2.45) is 0 Å². The van der Waals surface area contributed by atoms with Crippen molar-refractivity contribution in [3.8, 4) is 5.75 Å². The summed E-state index contributed by atoms with van der Waals surface area (Å²) in [5, 5.41) is 10.1. The number of hydrogen-bond donors (Lipinski definition) is 1. The van der Waals surface area contributed by atoms with Crippen molar-refractivity contribution in [1.82, 2.24) is 10.2 Å². The smallest absolute Gasteiger partial charge is 0.155 e. The number of rotatable bonds is 3. The number of nitrogen functional groups attached to an aromatic ring is 1. The summed E-state index contributed by atoms with van der Waals surface area (Å²) >= 11 is 7.46. The minimum atomic E-state index is 0.370. The third-order valence-electron chi connectivity index (χ3n) is 1.87. The Kier molecular flexibility index (Phi) is 3.26. The maximum Gasteiger partial charge on any atom is 0.155 e. The molecular weight excluding hydrogens is 246 g/mol. The van der Waals surface area contributed by atoms with E-state index in [0.717, 1.165) is 10.0 Å². The molecule has 0 saturated heterocycles. The molecule has 16 heavy (non-hydrogen) atoms. The Morgan fingerprint density at radius 1 is 1.44 bits per heavy atom.